The number of ether oxygens (including phenoxy) is 2. The van der Waals surface area contributed by atoms with Crippen LogP contribution in [0.1, 0.15) is 53.7 Å². The SMILES string of the molecule is COc1ccc(C(CC(=O)O)C2NC(=O)c3ccccc32)cc1OC(C)C. The number of rotatable bonds is 7. The smallest absolute Gasteiger partial charge is 0.304 e. The average molecular weight is 369 g/mol. The zero-order valence-corrected chi connectivity index (χ0v) is 15.6. The van der Waals surface area contributed by atoms with Crippen molar-refractivity contribution in [3.05, 3.63) is 59.2 Å². The van der Waals surface area contributed by atoms with Crippen molar-refractivity contribution in [1.82, 2.24) is 5.32 Å². The topological polar surface area (TPSA) is 84.9 Å². The predicted molar refractivity (Wildman–Crippen MR) is 100 cm³/mol. The number of nitrogens with one attached hydrogen (secondary N) is 1. The first kappa shape index (κ1) is 18.8. The van der Waals surface area contributed by atoms with Gasteiger partial charge in [-0.25, -0.2) is 0 Å². The molecule has 0 spiro atoms. The molecule has 2 N–H and O–H groups in total. The Labute approximate surface area is 158 Å². The standard InChI is InChI=1S/C21H23NO5/c1-12(2)27-18-10-13(8-9-17(18)26-3)16(11-19(23)24)20-14-6-4-5-7-15(14)21(25)22-20/h4-10,12,16,20H,11H2,1-3H3,(H,22,25)(H,23,24). The number of amides is 1. The van der Waals surface area contributed by atoms with Crippen LogP contribution in [-0.2, 0) is 4.79 Å². The van der Waals surface area contributed by atoms with Gasteiger partial charge in [-0.3, -0.25) is 9.59 Å². The van der Waals surface area contributed by atoms with Crippen LogP contribution in [0.3, 0.4) is 0 Å². The summed E-state index contributed by atoms with van der Waals surface area (Å²) in [6, 6.07) is 12.3. The van der Waals surface area contributed by atoms with Gasteiger partial charge in [0.25, 0.3) is 5.91 Å². The predicted octanol–water partition coefficient (Wildman–Crippen LogP) is 3.53. The quantitative estimate of drug-likeness (QED) is 0.780. The summed E-state index contributed by atoms with van der Waals surface area (Å²) in [6.45, 7) is 3.82. The summed E-state index contributed by atoms with van der Waals surface area (Å²) in [5.41, 5.74) is 2.18. The number of hydrogen-bond acceptors (Lipinski definition) is 4. The number of carbonyl (C=O) groups excluding carboxylic acids is 1. The highest BCUT2D eigenvalue weighted by Crippen LogP contribution is 2.41. The molecule has 1 heterocycles. The Morgan fingerprint density at radius 3 is 2.59 bits per heavy atom. The molecule has 0 radical (unpaired) electrons. The van der Waals surface area contributed by atoms with Crippen molar-refractivity contribution in [2.75, 3.05) is 7.11 Å². The van der Waals surface area contributed by atoms with Gasteiger partial charge in [0, 0.05) is 11.5 Å². The monoisotopic (exact) mass is 369 g/mol. The first-order valence-electron chi connectivity index (χ1n) is 8.87. The first-order valence-corrected chi connectivity index (χ1v) is 8.87. The molecule has 0 saturated heterocycles. The lowest BCUT2D eigenvalue weighted by atomic mass is 9.85. The molecule has 1 amide bonds. The summed E-state index contributed by atoms with van der Waals surface area (Å²) in [6.07, 6.45) is -0.175. The van der Waals surface area contributed by atoms with E-state index in [2.05, 4.69) is 5.32 Å². The molecule has 0 aromatic heterocycles. The average Bonchev–Trinajstić information content (AvgIpc) is 2.96. The van der Waals surface area contributed by atoms with Gasteiger partial charge in [-0.15, -0.1) is 0 Å². The fourth-order valence-corrected chi connectivity index (χ4v) is 3.48. The van der Waals surface area contributed by atoms with Crippen LogP contribution in [0.25, 0.3) is 0 Å². The zero-order valence-electron chi connectivity index (χ0n) is 15.6. The molecule has 2 aromatic rings. The van der Waals surface area contributed by atoms with Crippen molar-refractivity contribution >= 4 is 11.9 Å². The largest absolute Gasteiger partial charge is 0.493 e. The van der Waals surface area contributed by atoms with Crippen LogP contribution in [0, 0.1) is 0 Å². The fourth-order valence-electron chi connectivity index (χ4n) is 3.48. The van der Waals surface area contributed by atoms with Gasteiger partial charge < -0.3 is 19.9 Å². The van der Waals surface area contributed by atoms with Crippen molar-refractivity contribution in [1.29, 1.82) is 0 Å². The molecule has 0 aliphatic carbocycles. The third-order valence-electron chi connectivity index (χ3n) is 4.60. The number of carboxylic acid groups (broad SMARTS) is 1. The fraction of sp³-hybridized carbons (Fsp3) is 0.333. The highest BCUT2D eigenvalue weighted by atomic mass is 16.5. The molecule has 2 aromatic carbocycles. The molecule has 142 valence electrons. The molecule has 0 bridgehead atoms. The molecule has 1 aliphatic heterocycles. The van der Waals surface area contributed by atoms with E-state index in [4.69, 9.17) is 9.47 Å². The Balaban J connectivity index is 2.04. The number of benzene rings is 2. The van der Waals surface area contributed by atoms with E-state index in [0.29, 0.717) is 17.1 Å². The zero-order chi connectivity index (χ0) is 19.6. The molecule has 2 atom stereocenters. The second-order valence-corrected chi connectivity index (χ2v) is 6.82. The highest BCUT2D eigenvalue weighted by Gasteiger charge is 2.36. The number of hydrogen-bond donors (Lipinski definition) is 2. The van der Waals surface area contributed by atoms with E-state index < -0.39 is 17.9 Å². The molecule has 27 heavy (non-hydrogen) atoms. The molecule has 2 unspecified atom stereocenters. The molecule has 3 rings (SSSR count). The number of carboxylic acids is 1. The van der Waals surface area contributed by atoms with Crippen molar-refractivity contribution in [3.8, 4) is 11.5 Å². The van der Waals surface area contributed by atoms with Gasteiger partial charge in [-0.1, -0.05) is 24.3 Å². The first-order chi connectivity index (χ1) is 12.9. The maximum Gasteiger partial charge on any atom is 0.304 e. The highest BCUT2D eigenvalue weighted by molar-refractivity contribution is 5.99. The van der Waals surface area contributed by atoms with Crippen molar-refractivity contribution in [2.24, 2.45) is 0 Å². The Hall–Kier alpha value is -3.02. The maximum atomic E-state index is 12.3. The molecule has 0 fully saturated rings. The third-order valence-corrected chi connectivity index (χ3v) is 4.60. The van der Waals surface area contributed by atoms with E-state index in [-0.39, 0.29) is 18.4 Å². The van der Waals surface area contributed by atoms with Gasteiger partial charge in [0.05, 0.1) is 25.7 Å². The van der Waals surface area contributed by atoms with E-state index in [1.54, 1.807) is 31.4 Å². The van der Waals surface area contributed by atoms with E-state index >= 15 is 0 Å². The minimum atomic E-state index is -0.930. The van der Waals surface area contributed by atoms with Crippen molar-refractivity contribution in [3.63, 3.8) is 0 Å². The van der Waals surface area contributed by atoms with Crippen LogP contribution < -0.4 is 14.8 Å². The summed E-state index contributed by atoms with van der Waals surface area (Å²) in [4.78, 5) is 23.9. The van der Waals surface area contributed by atoms with Crippen LogP contribution in [0.2, 0.25) is 0 Å². The second-order valence-electron chi connectivity index (χ2n) is 6.82. The molecule has 0 saturated carbocycles. The number of carbonyl (C=O) groups is 2. The van der Waals surface area contributed by atoms with Gasteiger partial charge in [-0.05, 0) is 43.2 Å². The molecule has 1 aliphatic rings. The van der Waals surface area contributed by atoms with Crippen molar-refractivity contribution < 1.29 is 24.2 Å². The van der Waals surface area contributed by atoms with E-state index in [1.807, 2.05) is 32.0 Å². The van der Waals surface area contributed by atoms with Gasteiger partial charge in [-0.2, -0.15) is 0 Å². The summed E-state index contributed by atoms with van der Waals surface area (Å²) in [5, 5.41) is 12.4. The van der Waals surface area contributed by atoms with Crippen LogP contribution in [0.15, 0.2) is 42.5 Å². The molecule has 6 nitrogen and oxygen atoms in total. The Morgan fingerprint density at radius 2 is 1.93 bits per heavy atom. The minimum Gasteiger partial charge on any atom is -0.493 e. The normalized spacial score (nSPS) is 16.6. The van der Waals surface area contributed by atoms with Crippen LogP contribution in [0.4, 0.5) is 0 Å². The second kappa shape index (κ2) is 7.70. The number of fused-ring (bicyclic) bond motifs is 1. The number of aliphatic carboxylic acids is 1. The van der Waals surface area contributed by atoms with Gasteiger partial charge in [0.1, 0.15) is 0 Å². The van der Waals surface area contributed by atoms with Crippen molar-refractivity contribution in [2.45, 2.75) is 38.3 Å². The van der Waals surface area contributed by atoms with Gasteiger partial charge >= 0.3 is 5.97 Å². The summed E-state index contributed by atoms with van der Waals surface area (Å²) in [5.74, 6) is -0.412. The Kier molecular flexibility index (Phi) is 5.35. The van der Waals surface area contributed by atoms with E-state index in [9.17, 15) is 14.7 Å². The summed E-state index contributed by atoms with van der Waals surface area (Å²) < 4.78 is 11.2. The van der Waals surface area contributed by atoms with Gasteiger partial charge in [0.15, 0.2) is 11.5 Å². The van der Waals surface area contributed by atoms with Crippen LogP contribution >= 0.6 is 0 Å². The van der Waals surface area contributed by atoms with Crippen LogP contribution in [0.5, 0.6) is 11.5 Å². The summed E-state index contributed by atoms with van der Waals surface area (Å²) in [7, 11) is 1.56. The lowest BCUT2D eigenvalue weighted by Crippen LogP contribution is -2.26. The summed E-state index contributed by atoms with van der Waals surface area (Å²) >= 11 is 0. The number of methoxy groups -OCH3 is 1. The van der Waals surface area contributed by atoms with E-state index in [0.717, 1.165) is 11.1 Å². The molecule has 6 heteroatoms. The van der Waals surface area contributed by atoms with Crippen LogP contribution in [-0.4, -0.2) is 30.2 Å². The maximum absolute atomic E-state index is 12.3. The third kappa shape index (κ3) is 3.89. The Morgan fingerprint density at radius 1 is 1.19 bits per heavy atom. The van der Waals surface area contributed by atoms with Gasteiger partial charge in [0.2, 0.25) is 0 Å². The molecular formula is C21H23NO5. The lowest BCUT2D eigenvalue weighted by molar-refractivity contribution is -0.137. The lowest BCUT2D eigenvalue weighted by Gasteiger charge is -2.25. The van der Waals surface area contributed by atoms with E-state index in [1.165, 1.54) is 0 Å². The minimum absolute atomic E-state index is 0.0565. The molecular weight excluding hydrogens is 346 g/mol. The Bertz CT molecular complexity index is 861.